The Bertz CT molecular complexity index is 3060. The first-order chi connectivity index (χ1) is 42.6. The number of hydrogen-bond acceptors (Lipinski definition) is 16. The summed E-state index contributed by atoms with van der Waals surface area (Å²) < 4.78 is 51.8. The SMILES string of the molecule is CCC(CC)C(=O)OC(C)(C)CCCCC(=O)C[C@H](C(=O)N[C@@H](CCCNC(N)=O)C(=O)Cc1cc(Cl)c(C(=O)N(C)[C@@H](C)C(=O)O[C@H]2CC(=O)N(C)c3cc(cc(OC)c3Cl)C/C(C)=C/C=C/[C@@H](OC)[C@]3(O)CC(=O)O[C@@H](C3)[C@@H](C)[C@@H]3O[C@@]23C)cc1F)C(C)C. The van der Waals surface area contributed by atoms with Crippen molar-refractivity contribution in [1.29, 1.82) is 0 Å². The summed E-state index contributed by atoms with van der Waals surface area (Å²) in [6.45, 7) is 17.8. The molecule has 0 unspecified atom stereocenters. The predicted octanol–water partition coefficient (Wildman–Crippen LogP) is 9.47. The van der Waals surface area contributed by atoms with Gasteiger partial charge in [-0.05, 0) is 127 Å². The first-order valence-corrected chi connectivity index (χ1v) is 32.1. The number of esters is 3. The average Bonchev–Trinajstić information content (AvgIpc) is 1.58. The minimum atomic E-state index is -1.69. The van der Waals surface area contributed by atoms with Gasteiger partial charge in [-0.2, -0.15) is 0 Å². The number of amides is 5. The minimum absolute atomic E-state index is 0.00857. The lowest BCUT2D eigenvalue weighted by Gasteiger charge is -2.41. The van der Waals surface area contributed by atoms with Crippen molar-refractivity contribution < 1.29 is 81.1 Å². The van der Waals surface area contributed by atoms with Crippen LogP contribution in [0.2, 0.25) is 10.0 Å². The van der Waals surface area contributed by atoms with E-state index in [4.69, 9.17) is 57.4 Å². The fourth-order valence-electron chi connectivity index (χ4n) is 11.8. The summed E-state index contributed by atoms with van der Waals surface area (Å²) in [4.78, 5) is 124. The quantitative estimate of drug-likeness (QED) is 0.0280. The van der Waals surface area contributed by atoms with E-state index in [0.29, 0.717) is 50.0 Å². The molecule has 2 aromatic carbocycles. The number of urea groups is 1. The fourth-order valence-corrected chi connectivity index (χ4v) is 12.4. The number of allylic oxidation sites excluding steroid dienone is 3. The van der Waals surface area contributed by atoms with E-state index in [1.165, 1.54) is 40.1 Å². The lowest BCUT2D eigenvalue weighted by atomic mass is 9.78. The normalized spacial score (nSPS) is 23.9. The van der Waals surface area contributed by atoms with Crippen molar-refractivity contribution in [3.05, 3.63) is 80.6 Å². The van der Waals surface area contributed by atoms with Crippen molar-refractivity contribution in [2.75, 3.05) is 39.8 Å². The van der Waals surface area contributed by atoms with Crippen LogP contribution >= 0.6 is 23.2 Å². The molecule has 24 heteroatoms. The van der Waals surface area contributed by atoms with Crippen molar-refractivity contribution >= 4 is 82.1 Å². The van der Waals surface area contributed by atoms with Crippen LogP contribution < -0.4 is 26.0 Å². The van der Waals surface area contributed by atoms with E-state index in [2.05, 4.69) is 10.6 Å². The number of nitrogens with one attached hydrogen (secondary N) is 2. The van der Waals surface area contributed by atoms with E-state index in [1.54, 1.807) is 52.0 Å². The second-order valence-electron chi connectivity index (χ2n) is 25.7. The Kier molecular flexibility index (Phi) is 27.2. The van der Waals surface area contributed by atoms with E-state index >= 15 is 4.39 Å². The molecule has 5 rings (SSSR count). The van der Waals surface area contributed by atoms with Crippen molar-refractivity contribution in [3.63, 3.8) is 0 Å². The highest BCUT2D eigenvalue weighted by atomic mass is 35.5. The number of benzene rings is 2. The molecule has 0 aromatic heterocycles. The van der Waals surface area contributed by atoms with Gasteiger partial charge < -0.3 is 59.7 Å². The number of nitrogens with zero attached hydrogens (tertiary/aromatic N) is 2. The minimum Gasteiger partial charge on any atom is -0.495 e. The third-order valence-corrected chi connectivity index (χ3v) is 18.6. The molecule has 2 fully saturated rings. The van der Waals surface area contributed by atoms with E-state index < -0.39 is 125 Å². The number of ether oxygens (including phenoxy) is 6. The average molecular weight is 1320 g/mol. The lowest BCUT2D eigenvalue weighted by molar-refractivity contribution is -0.187. The number of fused-ring (bicyclic) bond motifs is 5. The van der Waals surface area contributed by atoms with Crippen molar-refractivity contribution in [2.24, 2.45) is 29.4 Å². The first-order valence-electron chi connectivity index (χ1n) is 31.3. The Morgan fingerprint density at radius 1 is 1.00 bits per heavy atom. The Hall–Kier alpha value is -6.46. The summed E-state index contributed by atoms with van der Waals surface area (Å²) in [6.07, 6.45) is 3.31. The molecule has 21 nitrogen and oxygen atoms in total. The van der Waals surface area contributed by atoms with Gasteiger partial charge in [0.25, 0.3) is 5.91 Å². The highest BCUT2D eigenvalue weighted by Gasteiger charge is 2.64. The molecule has 2 aromatic rings. The Balaban J connectivity index is 1.34. The summed E-state index contributed by atoms with van der Waals surface area (Å²) in [5, 5.41) is 17.1. The molecule has 3 aliphatic heterocycles. The van der Waals surface area contributed by atoms with E-state index in [9.17, 15) is 48.3 Å². The second-order valence-corrected chi connectivity index (χ2v) is 26.5. The highest BCUT2D eigenvalue weighted by molar-refractivity contribution is 6.35. The summed E-state index contributed by atoms with van der Waals surface area (Å²) in [5.74, 6) is -7.49. The molecule has 5 amide bonds. The first kappa shape index (κ1) is 75.3. The molecule has 5 N–H and O–H groups in total. The zero-order chi connectivity index (χ0) is 68.0. The van der Waals surface area contributed by atoms with Gasteiger partial charge in [-0.3, -0.25) is 33.6 Å². The molecular weight excluding hydrogens is 1220 g/mol. The monoisotopic (exact) mass is 1310 g/mol. The number of Topliss-reactive ketones (excluding diaryl/α,β-unsaturated/α-hetero) is 2. The zero-order valence-corrected chi connectivity index (χ0v) is 56.6. The van der Waals surface area contributed by atoms with Crippen LogP contribution in [0.25, 0.3) is 0 Å². The Morgan fingerprint density at radius 2 is 1.68 bits per heavy atom. The topological polar surface area (TPSA) is 289 Å². The number of aliphatic hydroxyl groups is 1. The molecule has 3 aliphatic rings. The van der Waals surface area contributed by atoms with Gasteiger partial charge in [0.05, 0.1) is 54.3 Å². The zero-order valence-electron chi connectivity index (χ0n) is 55.1. The molecule has 3 heterocycles. The molecule has 0 saturated carbocycles. The van der Waals surface area contributed by atoms with Crippen LogP contribution in [0.1, 0.15) is 168 Å². The molecule has 4 bridgehead atoms. The van der Waals surface area contributed by atoms with Crippen LogP contribution in [-0.4, -0.2) is 151 Å². The highest BCUT2D eigenvalue weighted by Crippen LogP contribution is 2.50. The Morgan fingerprint density at radius 3 is 2.31 bits per heavy atom. The summed E-state index contributed by atoms with van der Waals surface area (Å²) >= 11 is 13.6. The maximum Gasteiger partial charge on any atom is 0.328 e. The Labute approximate surface area is 544 Å². The number of rotatable bonds is 27. The molecule has 0 spiro atoms. The van der Waals surface area contributed by atoms with Gasteiger partial charge in [0.1, 0.15) is 63.5 Å². The number of nitrogens with two attached hydrogens (primary N) is 1. The van der Waals surface area contributed by atoms with Crippen molar-refractivity contribution in [3.8, 4) is 5.75 Å². The third-order valence-electron chi connectivity index (χ3n) is 17.9. The van der Waals surface area contributed by atoms with Gasteiger partial charge in [-0.25, -0.2) is 14.0 Å². The second kappa shape index (κ2) is 32.9. The van der Waals surface area contributed by atoms with Gasteiger partial charge >= 0.3 is 23.9 Å². The number of hydrogen-bond donors (Lipinski definition) is 4. The van der Waals surface area contributed by atoms with Crippen LogP contribution in [-0.2, 0) is 70.1 Å². The smallest absolute Gasteiger partial charge is 0.328 e. The third kappa shape index (κ3) is 20.0. The van der Waals surface area contributed by atoms with Crippen LogP contribution in [0.3, 0.4) is 0 Å². The maximum absolute atomic E-state index is 16.3. The van der Waals surface area contributed by atoms with E-state index in [1.807, 2.05) is 40.7 Å². The molecule has 91 heavy (non-hydrogen) atoms. The summed E-state index contributed by atoms with van der Waals surface area (Å²) in [6, 6.07) is 1.97. The number of anilines is 1. The maximum atomic E-state index is 16.3. The molecule has 0 aliphatic carbocycles. The molecule has 0 radical (unpaired) electrons. The van der Waals surface area contributed by atoms with Gasteiger partial charge in [0.2, 0.25) is 11.8 Å². The van der Waals surface area contributed by atoms with E-state index in [0.717, 1.165) is 28.2 Å². The number of halogens is 3. The van der Waals surface area contributed by atoms with Crippen LogP contribution in [0.15, 0.2) is 48.1 Å². The van der Waals surface area contributed by atoms with Crippen molar-refractivity contribution in [1.82, 2.24) is 15.5 Å². The van der Waals surface area contributed by atoms with Gasteiger partial charge in [0.15, 0.2) is 5.78 Å². The van der Waals surface area contributed by atoms with Crippen LogP contribution in [0.5, 0.6) is 5.75 Å². The van der Waals surface area contributed by atoms with Gasteiger partial charge in [-0.1, -0.05) is 81.6 Å². The van der Waals surface area contributed by atoms with Crippen LogP contribution in [0.4, 0.5) is 14.9 Å². The number of unbranched alkanes of at least 4 members (excludes halogenated alkanes) is 1. The molecule has 2 saturated heterocycles. The number of likely N-dealkylation sites (N-methyl/N-ethyl adjacent to an activating group) is 1. The number of epoxide rings is 1. The van der Waals surface area contributed by atoms with Gasteiger partial charge in [-0.15, -0.1) is 0 Å². The number of ketones is 2. The summed E-state index contributed by atoms with van der Waals surface area (Å²) in [7, 11) is 5.64. The lowest BCUT2D eigenvalue weighted by Crippen LogP contribution is -2.53. The fraction of sp³-hybridized carbons (Fsp3) is 0.627. The van der Waals surface area contributed by atoms with Gasteiger partial charge in [0, 0.05) is 65.3 Å². The van der Waals surface area contributed by atoms with Crippen LogP contribution in [0, 0.1) is 29.5 Å². The predicted molar refractivity (Wildman–Crippen MR) is 341 cm³/mol. The number of carbonyl (C=O) groups is 9. The number of methoxy groups -OCH3 is 2. The van der Waals surface area contributed by atoms with E-state index in [-0.39, 0.29) is 89.8 Å². The largest absolute Gasteiger partial charge is 0.495 e. The molecule has 10 atom stereocenters. The standard InChI is InChI=1S/C67H94Cl2FN5O16/c1-15-42(16-2)63(83)91-65(8,9)25-18-17-22-44(76)32-45(37(3)4)60(80)73-49(23-20-26-72-64(71)84)51(77)31-43-30-47(68)46(33-48(43)70)61(81)74(11)40(7)62(82)89-55-34-56(78)75(12)50-28-41(29-52(86-13)58(50)69)27-38(5)21-19-24-54(87-14)67(85)35-53(88-57(79)36-67)39(6)59-66(55,10)90-59/h19,21,24,28-30,33,37,39-40,42,45,49,53-55,59,85H,15-18,20,22-23,25-27,31-32,34-36H2,1-14H3,(H,73,80)(H3,71,72,84)/b24-19+,38-21+/t39-,40+,45+,49+,53+,54-,55+,59+,66+,67-/m1/s1. The number of primary amides is 1. The van der Waals surface area contributed by atoms with Crippen molar-refractivity contribution in [2.45, 2.75) is 212 Å². The molecule has 504 valence electrons. The number of carbonyl (C=O) groups excluding carboxylic acids is 9. The molecular formula is C67H94Cl2FN5O16. The summed E-state index contributed by atoms with van der Waals surface area (Å²) in [5.41, 5.74) is 2.73.